The molecule has 1 aromatic rings. The fourth-order valence-corrected chi connectivity index (χ4v) is 1.44. The van der Waals surface area contributed by atoms with Crippen LogP contribution in [0, 0.1) is 5.92 Å². The molecule has 0 bridgehead atoms. The number of aromatic hydroxyl groups is 1. The van der Waals surface area contributed by atoms with Crippen molar-refractivity contribution < 1.29 is 9.84 Å². The summed E-state index contributed by atoms with van der Waals surface area (Å²) >= 11 is 0. The highest BCUT2D eigenvalue weighted by atomic mass is 16.5. The van der Waals surface area contributed by atoms with Gasteiger partial charge in [0.25, 0.3) is 0 Å². The van der Waals surface area contributed by atoms with Crippen molar-refractivity contribution in [3.8, 4) is 11.5 Å². The summed E-state index contributed by atoms with van der Waals surface area (Å²) in [4.78, 5) is 0. The summed E-state index contributed by atoms with van der Waals surface area (Å²) in [7, 11) is 1.63. The predicted octanol–water partition coefficient (Wildman–Crippen LogP) is 2.54. The van der Waals surface area contributed by atoms with Crippen LogP contribution in [0.25, 0.3) is 0 Å². The van der Waals surface area contributed by atoms with E-state index >= 15 is 0 Å². The molecule has 0 atom stereocenters. The molecular formula is C13H21NO2. The molecule has 0 aliphatic carbocycles. The highest BCUT2D eigenvalue weighted by molar-refractivity contribution is 5.39. The standard InChI is InChI=1S/C13H21NO2/c1-10(2)6-7-14-9-11-8-12(16-3)4-5-13(11)15/h4-5,8,10,14-15H,6-7,9H2,1-3H3. The molecule has 0 aliphatic heterocycles. The van der Waals surface area contributed by atoms with Crippen LogP contribution in [0.2, 0.25) is 0 Å². The van der Waals surface area contributed by atoms with Crippen molar-refractivity contribution in [1.82, 2.24) is 5.32 Å². The van der Waals surface area contributed by atoms with E-state index in [0.717, 1.165) is 24.3 Å². The van der Waals surface area contributed by atoms with Crippen LogP contribution in [0.5, 0.6) is 11.5 Å². The molecule has 0 aliphatic rings. The van der Waals surface area contributed by atoms with E-state index in [1.165, 1.54) is 0 Å². The lowest BCUT2D eigenvalue weighted by Crippen LogP contribution is -2.16. The summed E-state index contributed by atoms with van der Waals surface area (Å²) in [5.41, 5.74) is 0.878. The van der Waals surface area contributed by atoms with Gasteiger partial charge in [0, 0.05) is 12.1 Å². The number of hydrogen-bond acceptors (Lipinski definition) is 3. The lowest BCUT2D eigenvalue weighted by Gasteiger charge is -2.09. The highest BCUT2D eigenvalue weighted by Crippen LogP contribution is 2.22. The van der Waals surface area contributed by atoms with Crippen molar-refractivity contribution in [3.63, 3.8) is 0 Å². The van der Waals surface area contributed by atoms with Crippen LogP contribution in [0.4, 0.5) is 0 Å². The molecule has 0 heterocycles. The molecule has 0 saturated carbocycles. The number of phenolic OH excluding ortho intramolecular Hbond substituents is 1. The Bertz CT molecular complexity index is 324. The van der Waals surface area contributed by atoms with Crippen LogP contribution in [-0.4, -0.2) is 18.8 Å². The van der Waals surface area contributed by atoms with Gasteiger partial charge >= 0.3 is 0 Å². The minimum Gasteiger partial charge on any atom is -0.508 e. The van der Waals surface area contributed by atoms with Crippen molar-refractivity contribution in [2.45, 2.75) is 26.8 Å². The molecule has 3 nitrogen and oxygen atoms in total. The van der Waals surface area contributed by atoms with Gasteiger partial charge in [-0.3, -0.25) is 0 Å². The molecule has 0 spiro atoms. The number of benzene rings is 1. The molecule has 0 unspecified atom stereocenters. The van der Waals surface area contributed by atoms with E-state index in [2.05, 4.69) is 19.2 Å². The Labute approximate surface area is 97.4 Å². The van der Waals surface area contributed by atoms with E-state index in [1.54, 1.807) is 19.2 Å². The first-order chi connectivity index (χ1) is 7.63. The monoisotopic (exact) mass is 223 g/mol. The third-order valence-corrected chi connectivity index (χ3v) is 2.50. The summed E-state index contributed by atoms with van der Waals surface area (Å²) in [6.07, 6.45) is 1.14. The Morgan fingerprint density at radius 1 is 1.38 bits per heavy atom. The van der Waals surface area contributed by atoms with Crippen molar-refractivity contribution in [2.75, 3.05) is 13.7 Å². The second-order valence-corrected chi connectivity index (χ2v) is 4.35. The Balaban J connectivity index is 2.46. The molecule has 0 aromatic heterocycles. The third kappa shape index (κ3) is 4.11. The van der Waals surface area contributed by atoms with E-state index < -0.39 is 0 Å². The van der Waals surface area contributed by atoms with Gasteiger partial charge in [0.1, 0.15) is 11.5 Å². The normalized spacial score (nSPS) is 10.8. The summed E-state index contributed by atoms with van der Waals surface area (Å²) in [5, 5.41) is 13.0. The maximum Gasteiger partial charge on any atom is 0.120 e. The minimum atomic E-state index is 0.317. The quantitative estimate of drug-likeness (QED) is 0.728. The number of ether oxygens (including phenoxy) is 1. The zero-order valence-corrected chi connectivity index (χ0v) is 10.3. The summed E-state index contributed by atoms with van der Waals surface area (Å²) in [5.74, 6) is 1.79. The lowest BCUT2D eigenvalue weighted by atomic mass is 10.1. The number of hydrogen-bond donors (Lipinski definition) is 2. The Kier molecular flexibility index (Phi) is 5.12. The van der Waals surface area contributed by atoms with Crippen LogP contribution in [0.1, 0.15) is 25.8 Å². The third-order valence-electron chi connectivity index (χ3n) is 2.50. The second-order valence-electron chi connectivity index (χ2n) is 4.35. The fraction of sp³-hybridized carbons (Fsp3) is 0.538. The molecule has 1 rings (SSSR count). The molecule has 16 heavy (non-hydrogen) atoms. The first-order valence-electron chi connectivity index (χ1n) is 5.70. The molecule has 0 saturated heterocycles. The molecule has 0 radical (unpaired) electrons. The van der Waals surface area contributed by atoms with Crippen molar-refractivity contribution in [3.05, 3.63) is 23.8 Å². The molecular weight excluding hydrogens is 202 g/mol. The van der Waals surface area contributed by atoms with E-state index in [4.69, 9.17) is 4.74 Å². The Morgan fingerprint density at radius 3 is 2.75 bits per heavy atom. The summed E-state index contributed by atoms with van der Waals surface area (Å²) in [6.45, 7) is 6.04. The van der Waals surface area contributed by atoms with Crippen LogP contribution >= 0.6 is 0 Å². The smallest absolute Gasteiger partial charge is 0.120 e. The van der Waals surface area contributed by atoms with Crippen LogP contribution in [0.3, 0.4) is 0 Å². The summed E-state index contributed by atoms with van der Waals surface area (Å²) < 4.78 is 5.12. The van der Waals surface area contributed by atoms with Crippen LogP contribution in [-0.2, 0) is 6.54 Å². The van der Waals surface area contributed by atoms with E-state index in [0.29, 0.717) is 18.2 Å². The molecule has 3 heteroatoms. The molecule has 90 valence electrons. The van der Waals surface area contributed by atoms with Crippen molar-refractivity contribution >= 4 is 0 Å². The van der Waals surface area contributed by atoms with Gasteiger partial charge in [-0.15, -0.1) is 0 Å². The molecule has 1 aromatic carbocycles. The summed E-state index contributed by atoms with van der Waals surface area (Å²) in [6, 6.07) is 5.28. The number of rotatable bonds is 6. The average Bonchev–Trinajstić information content (AvgIpc) is 2.26. The number of nitrogens with one attached hydrogen (secondary N) is 1. The first-order valence-corrected chi connectivity index (χ1v) is 5.70. The van der Waals surface area contributed by atoms with Gasteiger partial charge in [-0.25, -0.2) is 0 Å². The lowest BCUT2D eigenvalue weighted by molar-refractivity contribution is 0.410. The average molecular weight is 223 g/mol. The molecule has 2 N–H and O–H groups in total. The Morgan fingerprint density at radius 2 is 2.12 bits per heavy atom. The SMILES string of the molecule is COc1ccc(O)c(CNCCC(C)C)c1. The van der Waals surface area contributed by atoms with E-state index in [-0.39, 0.29) is 0 Å². The highest BCUT2D eigenvalue weighted by Gasteiger charge is 2.02. The molecule has 0 amide bonds. The predicted molar refractivity (Wildman–Crippen MR) is 65.8 cm³/mol. The maximum absolute atomic E-state index is 9.64. The van der Waals surface area contributed by atoms with Gasteiger partial charge in [0.05, 0.1) is 7.11 Å². The van der Waals surface area contributed by atoms with E-state index in [1.807, 2.05) is 6.07 Å². The van der Waals surface area contributed by atoms with Gasteiger partial charge in [0.2, 0.25) is 0 Å². The number of methoxy groups -OCH3 is 1. The minimum absolute atomic E-state index is 0.317. The second kappa shape index (κ2) is 6.38. The Hall–Kier alpha value is -1.22. The first kappa shape index (κ1) is 12.8. The van der Waals surface area contributed by atoms with Crippen LogP contribution < -0.4 is 10.1 Å². The van der Waals surface area contributed by atoms with Gasteiger partial charge in [-0.05, 0) is 37.1 Å². The topological polar surface area (TPSA) is 41.5 Å². The molecule has 0 fully saturated rings. The van der Waals surface area contributed by atoms with Crippen LogP contribution in [0.15, 0.2) is 18.2 Å². The number of phenols is 1. The van der Waals surface area contributed by atoms with Gasteiger partial charge in [-0.1, -0.05) is 13.8 Å². The fourth-order valence-electron chi connectivity index (χ4n) is 1.44. The largest absolute Gasteiger partial charge is 0.508 e. The van der Waals surface area contributed by atoms with Crippen molar-refractivity contribution in [2.24, 2.45) is 5.92 Å². The van der Waals surface area contributed by atoms with Gasteiger partial charge in [0.15, 0.2) is 0 Å². The van der Waals surface area contributed by atoms with E-state index in [9.17, 15) is 5.11 Å². The zero-order chi connectivity index (χ0) is 12.0. The van der Waals surface area contributed by atoms with Gasteiger partial charge < -0.3 is 15.2 Å². The van der Waals surface area contributed by atoms with Crippen molar-refractivity contribution in [1.29, 1.82) is 0 Å². The zero-order valence-electron chi connectivity index (χ0n) is 10.3. The maximum atomic E-state index is 9.64. The van der Waals surface area contributed by atoms with Gasteiger partial charge in [-0.2, -0.15) is 0 Å².